The fourth-order valence-electron chi connectivity index (χ4n) is 2.71. The summed E-state index contributed by atoms with van der Waals surface area (Å²) in [5.74, 6) is -0.258. The molecule has 0 atom stereocenters. The van der Waals surface area contributed by atoms with E-state index in [-0.39, 0.29) is 5.82 Å². The molecule has 0 aliphatic carbocycles. The van der Waals surface area contributed by atoms with E-state index < -0.39 is 0 Å². The Bertz CT molecular complexity index is 890. The summed E-state index contributed by atoms with van der Waals surface area (Å²) in [6, 6.07) is 20.4. The second-order valence-corrected chi connectivity index (χ2v) is 5.39. The molecule has 0 radical (unpaired) electrons. The highest BCUT2D eigenvalue weighted by atomic mass is 19.1. The van der Waals surface area contributed by atoms with Gasteiger partial charge >= 0.3 is 0 Å². The van der Waals surface area contributed by atoms with Gasteiger partial charge in [0, 0.05) is 11.8 Å². The number of halogens is 1. The Kier molecular flexibility index (Phi) is 3.35. The molecule has 2 heterocycles. The van der Waals surface area contributed by atoms with E-state index in [1.54, 1.807) is 12.1 Å². The van der Waals surface area contributed by atoms with Crippen LogP contribution >= 0.6 is 0 Å². The summed E-state index contributed by atoms with van der Waals surface area (Å²) in [5, 5.41) is 8.91. The third-order valence-electron chi connectivity index (χ3n) is 3.89. The van der Waals surface area contributed by atoms with E-state index >= 15 is 0 Å². The van der Waals surface area contributed by atoms with Gasteiger partial charge in [-0.3, -0.25) is 0 Å². The SMILES string of the molecule is Fc1ccc(C2=NN=C(c3ccccc3)Cn3cccc32)cc1. The molecule has 4 heteroatoms. The third-order valence-corrected chi connectivity index (χ3v) is 3.89. The van der Waals surface area contributed by atoms with Crippen molar-refractivity contribution in [2.75, 3.05) is 0 Å². The molecule has 112 valence electrons. The number of benzene rings is 2. The Morgan fingerprint density at radius 3 is 2.35 bits per heavy atom. The van der Waals surface area contributed by atoms with Gasteiger partial charge in [-0.05, 0) is 42.0 Å². The van der Waals surface area contributed by atoms with E-state index in [0.717, 1.165) is 28.2 Å². The van der Waals surface area contributed by atoms with Crippen LogP contribution in [0.2, 0.25) is 0 Å². The van der Waals surface area contributed by atoms with Crippen LogP contribution < -0.4 is 0 Å². The van der Waals surface area contributed by atoms with Crippen LogP contribution in [0.5, 0.6) is 0 Å². The van der Waals surface area contributed by atoms with Crippen LogP contribution in [0.15, 0.2) is 83.1 Å². The highest BCUT2D eigenvalue weighted by molar-refractivity contribution is 6.13. The van der Waals surface area contributed by atoms with E-state index in [0.29, 0.717) is 6.54 Å². The fourth-order valence-corrected chi connectivity index (χ4v) is 2.71. The molecular formula is C19H14FN3. The van der Waals surface area contributed by atoms with E-state index in [2.05, 4.69) is 14.8 Å². The lowest BCUT2D eigenvalue weighted by atomic mass is 10.1. The second-order valence-electron chi connectivity index (χ2n) is 5.39. The molecule has 0 spiro atoms. The van der Waals surface area contributed by atoms with Crippen molar-refractivity contribution >= 4 is 11.4 Å². The van der Waals surface area contributed by atoms with Gasteiger partial charge in [-0.2, -0.15) is 5.10 Å². The minimum atomic E-state index is -0.258. The van der Waals surface area contributed by atoms with Gasteiger partial charge < -0.3 is 4.57 Å². The topological polar surface area (TPSA) is 29.6 Å². The van der Waals surface area contributed by atoms with Gasteiger partial charge in [-0.25, -0.2) is 4.39 Å². The number of nitrogens with zero attached hydrogens (tertiary/aromatic N) is 3. The van der Waals surface area contributed by atoms with Crippen LogP contribution in [-0.4, -0.2) is 16.0 Å². The lowest BCUT2D eigenvalue weighted by Gasteiger charge is -2.09. The zero-order valence-corrected chi connectivity index (χ0v) is 12.4. The molecule has 0 saturated heterocycles. The van der Waals surface area contributed by atoms with Crippen LogP contribution in [0.3, 0.4) is 0 Å². The lowest BCUT2D eigenvalue weighted by Crippen LogP contribution is -2.13. The average Bonchev–Trinajstić information content (AvgIpc) is 2.97. The Morgan fingerprint density at radius 2 is 1.57 bits per heavy atom. The first kappa shape index (κ1) is 13.6. The monoisotopic (exact) mass is 303 g/mol. The van der Waals surface area contributed by atoms with Gasteiger partial charge in [-0.15, -0.1) is 5.10 Å². The zero-order chi connectivity index (χ0) is 15.6. The molecule has 0 bridgehead atoms. The maximum Gasteiger partial charge on any atom is 0.123 e. The summed E-state index contributed by atoms with van der Waals surface area (Å²) in [7, 11) is 0. The molecule has 1 aliphatic heterocycles. The van der Waals surface area contributed by atoms with Crippen molar-refractivity contribution in [2.45, 2.75) is 6.54 Å². The van der Waals surface area contributed by atoms with Crippen LogP contribution in [0.1, 0.15) is 16.8 Å². The van der Waals surface area contributed by atoms with E-state index in [4.69, 9.17) is 0 Å². The molecule has 1 aromatic heterocycles. The number of hydrogen-bond donors (Lipinski definition) is 0. The summed E-state index contributed by atoms with van der Waals surface area (Å²) >= 11 is 0. The molecule has 0 N–H and O–H groups in total. The molecule has 2 aromatic carbocycles. The second kappa shape index (κ2) is 5.65. The van der Waals surface area contributed by atoms with Crippen molar-refractivity contribution in [3.05, 3.63) is 95.6 Å². The van der Waals surface area contributed by atoms with Gasteiger partial charge in [0.05, 0.1) is 18.0 Å². The molecule has 4 rings (SSSR count). The van der Waals surface area contributed by atoms with Crippen molar-refractivity contribution in [1.82, 2.24) is 4.57 Å². The maximum absolute atomic E-state index is 13.2. The standard InChI is InChI=1S/C19H14FN3/c20-16-10-8-15(9-11-16)19-18-7-4-12-23(18)13-17(21-22-19)14-5-2-1-3-6-14/h1-12H,13H2. The highest BCUT2D eigenvalue weighted by Crippen LogP contribution is 2.18. The maximum atomic E-state index is 13.2. The van der Waals surface area contributed by atoms with Crippen LogP contribution in [-0.2, 0) is 6.54 Å². The highest BCUT2D eigenvalue weighted by Gasteiger charge is 2.17. The first-order valence-electron chi connectivity index (χ1n) is 7.43. The van der Waals surface area contributed by atoms with Crippen molar-refractivity contribution < 1.29 is 4.39 Å². The molecule has 0 fully saturated rings. The predicted octanol–water partition coefficient (Wildman–Crippen LogP) is 3.88. The molecule has 0 amide bonds. The minimum absolute atomic E-state index is 0.258. The van der Waals surface area contributed by atoms with Crippen LogP contribution in [0.25, 0.3) is 0 Å². The zero-order valence-electron chi connectivity index (χ0n) is 12.4. The van der Waals surface area contributed by atoms with Gasteiger partial charge in [-0.1, -0.05) is 30.3 Å². The lowest BCUT2D eigenvalue weighted by molar-refractivity contribution is 0.628. The number of fused-ring (bicyclic) bond motifs is 1. The Balaban J connectivity index is 1.83. The van der Waals surface area contributed by atoms with Crippen molar-refractivity contribution in [2.24, 2.45) is 10.2 Å². The number of hydrogen-bond acceptors (Lipinski definition) is 2. The average molecular weight is 303 g/mol. The number of rotatable bonds is 2. The van der Waals surface area contributed by atoms with Crippen molar-refractivity contribution in [3.8, 4) is 0 Å². The molecule has 0 unspecified atom stereocenters. The van der Waals surface area contributed by atoms with Gasteiger partial charge in [0.25, 0.3) is 0 Å². The summed E-state index contributed by atoms with van der Waals surface area (Å²) in [6.45, 7) is 0.653. The van der Waals surface area contributed by atoms with E-state index in [1.165, 1.54) is 12.1 Å². The number of aromatic nitrogens is 1. The van der Waals surface area contributed by atoms with Gasteiger partial charge in [0.2, 0.25) is 0 Å². The quantitative estimate of drug-likeness (QED) is 0.687. The molecule has 3 nitrogen and oxygen atoms in total. The van der Waals surface area contributed by atoms with Crippen molar-refractivity contribution in [3.63, 3.8) is 0 Å². The normalized spacial score (nSPS) is 13.8. The summed E-state index contributed by atoms with van der Waals surface area (Å²) in [6.07, 6.45) is 2.01. The first-order chi connectivity index (χ1) is 11.3. The Labute approximate surface area is 133 Å². The van der Waals surface area contributed by atoms with Crippen molar-refractivity contribution in [1.29, 1.82) is 0 Å². The Morgan fingerprint density at radius 1 is 0.783 bits per heavy atom. The van der Waals surface area contributed by atoms with Gasteiger partial charge in [0.15, 0.2) is 0 Å². The Hall–Kier alpha value is -3.01. The van der Waals surface area contributed by atoms with E-state index in [1.807, 2.05) is 48.7 Å². The summed E-state index contributed by atoms with van der Waals surface area (Å²) in [5.41, 5.74) is 4.54. The van der Waals surface area contributed by atoms with Crippen LogP contribution in [0, 0.1) is 5.82 Å². The smallest absolute Gasteiger partial charge is 0.123 e. The summed E-state index contributed by atoms with van der Waals surface area (Å²) in [4.78, 5) is 0. The molecule has 23 heavy (non-hydrogen) atoms. The predicted molar refractivity (Wildman–Crippen MR) is 89.5 cm³/mol. The first-order valence-corrected chi connectivity index (χ1v) is 7.43. The molecule has 0 saturated carbocycles. The minimum Gasteiger partial charge on any atom is -0.340 e. The van der Waals surface area contributed by atoms with Crippen LogP contribution in [0.4, 0.5) is 4.39 Å². The largest absolute Gasteiger partial charge is 0.340 e. The molecule has 1 aliphatic rings. The molecule has 3 aromatic rings. The molecular weight excluding hydrogens is 289 g/mol. The van der Waals surface area contributed by atoms with Gasteiger partial charge in [0.1, 0.15) is 11.5 Å². The third kappa shape index (κ3) is 2.59. The van der Waals surface area contributed by atoms with E-state index in [9.17, 15) is 4.39 Å². The fraction of sp³-hybridized carbons (Fsp3) is 0.0526. The summed E-state index contributed by atoms with van der Waals surface area (Å²) < 4.78 is 15.3.